The summed E-state index contributed by atoms with van der Waals surface area (Å²) >= 11 is 0. The van der Waals surface area contributed by atoms with E-state index in [0.29, 0.717) is 29.0 Å². The van der Waals surface area contributed by atoms with Gasteiger partial charge in [-0.25, -0.2) is 13.2 Å². The number of halogens is 4. The van der Waals surface area contributed by atoms with Crippen LogP contribution in [0.3, 0.4) is 0 Å². The summed E-state index contributed by atoms with van der Waals surface area (Å²) in [7, 11) is 1.32. The molecule has 0 aromatic heterocycles. The van der Waals surface area contributed by atoms with Crippen LogP contribution in [0.15, 0.2) is 24.3 Å². The van der Waals surface area contributed by atoms with Crippen molar-refractivity contribution in [3.8, 4) is 5.75 Å². The van der Waals surface area contributed by atoms with Gasteiger partial charge in [0.1, 0.15) is 0 Å². The molecule has 2 fully saturated rings. The van der Waals surface area contributed by atoms with Crippen molar-refractivity contribution in [3.05, 3.63) is 64.2 Å². The molecule has 0 bridgehead atoms. The van der Waals surface area contributed by atoms with Crippen molar-refractivity contribution in [2.45, 2.75) is 89.4 Å². The summed E-state index contributed by atoms with van der Waals surface area (Å²) in [6, 6.07) is 6.69. The standard InChI is InChI=1S/C29H36F4O/c1-3-18-4-9-20(10-5-18)23-15-14-22(26(30)27(23)31)13-8-19-6-11-21(12-7-19)24-16-17-25(34-2)29(33)28(24)32/h14-21H,3-13H2,1-2H3. The summed E-state index contributed by atoms with van der Waals surface area (Å²) in [6.45, 7) is 2.20. The van der Waals surface area contributed by atoms with Crippen molar-refractivity contribution in [2.75, 3.05) is 7.11 Å². The van der Waals surface area contributed by atoms with Crippen LogP contribution in [-0.4, -0.2) is 7.11 Å². The Hall–Kier alpha value is -2.04. The summed E-state index contributed by atoms with van der Waals surface area (Å²) in [4.78, 5) is 0. The van der Waals surface area contributed by atoms with Gasteiger partial charge in [0.2, 0.25) is 5.82 Å². The van der Waals surface area contributed by atoms with Gasteiger partial charge in [0, 0.05) is 0 Å². The highest BCUT2D eigenvalue weighted by molar-refractivity contribution is 5.33. The van der Waals surface area contributed by atoms with Crippen LogP contribution in [-0.2, 0) is 6.42 Å². The van der Waals surface area contributed by atoms with Crippen LogP contribution in [0.4, 0.5) is 17.6 Å². The van der Waals surface area contributed by atoms with Gasteiger partial charge in [-0.1, -0.05) is 31.5 Å². The molecule has 4 rings (SSSR count). The molecule has 0 atom stereocenters. The maximum Gasteiger partial charge on any atom is 0.200 e. The van der Waals surface area contributed by atoms with Crippen molar-refractivity contribution < 1.29 is 22.3 Å². The molecule has 0 saturated heterocycles. The first-order chi connectivity index (χ1) is 16.4. The highest BCUT2D eigenvalue weighted by Crippen LogP contribution is 2.41. The van der Waals surface area contributed by atoms with Crippen LogP contribution in [0.1, 0.15) is 99.7 Å². The molecule has 2 aromatic rings. The molecule has 0 unspecified atom stereocenters. The zero-order valence-electron chi connectivity index (χ0n) is 20.3. The fraction of sp³-hybridized carbons (Fsp3) is 0.586. The number of hydrogen-bond donors (Lipinski definition) is 0. The van der Waals surface area contributed by atoms with Gasteiger partial charge in [-0.3, -0.25) is 0 Å². The average Bonchev–Trinajstić information content (AvgIpc) is 2.87. The minimum Gasteiger partial charge on any atom is -0.494 e. The Kier molecular flexibility index (Phi) is 8.21. The largest absolute Gasteiger partial charge is 0.494 e. The molecule has 2 saturated carbocycles. The van der Waals surface area contributed by atoms with Crippen LogP contribution < -0.4 is 4.74 Å². The summed E-state index contributed by atoms with van der Waals surface area (Å²) in [6.07, 6.45) is 9.81. The van der Waals surface area contributed by atoms with E-state index in [4.69, 9.17) is 4.74 Å². The molecular weight excluding hydrogens is 440 g/mol. The molecule has 5 heteroatoms. The molecule has 0 N–H and O–H groups in total. The fourth-order valence-electron chi connectivity index (χ4n) is 6.14. The summed E-state index contributed by atoms with van der Waals surface area (Å²) < 4.78 is 63.2. The summed E-state index contributed by atoms with van der Waals surface area (Å²) in [5.41, 5.74) is 1.41. The van der Waals surface area contributed by atoms with Crippen LogP contribution >= 0.6 is 0 Å². The first-order valence-electron chi connectivity index (χ1n) is 12.9. The second-order valence-electron chi connectivity index (χ2n) is 10.3. The van der Waals surface area contributed by atoms with Gasteiger partial charge < -0.3 is 4.74 Å². The van der Waals surface area contributed by atoms with E-state index in [-0.39, 0.29) is 17.6 Å². The lowest BCUT2D eigenvalue weighted by atomic mass is 9.76. The van der Waals surface area contributed by atoms with Gasteiger partial charge in [0.15, 0.2) is 23.2 Å². The van der Waals surface area contributed by atoms with Crippen LogP contribution in [0, 0.1) is 35.1 Å². The van der Waals surface area contributed by atoms with E-state index in [9.17, 15) is 17.6 Å². The number of rotatable bonds is 7. The summed E-state index contributed by atoms with van der Waals surface area (Å²) in [5.74, 6) is -1.95. The Morgan fingerprint density at radius 2 is 1.21 bits per heavy atom. The molecule has 2 aliphatic rings. The molecule has 2 aromatic carbocycles. The van der Waals surface area contributed by atoms with Crippen molar-refractivity contribution >= 4 is 0 Å². The van der Waals surface area contributed by atoms with E-state index in [2.05, 4.69) is 6.92 Å². The van der Waals surface area contributed by atoms with Crippen molar-refractivity contribution in [3.63, 3.8) is 0 Å². The van der Waals surface area contributed by atoms with Crippen LogP contribution in [0.5, 0.6) is 5.75 Å². The topological polar surface area (TPSA) is 9.23 Å². The molecule has 2 aliphatic carbocycles. The van der Waals surface area contributed by atoms with Gasteiger partial charge in [-0.05, 0) is 111 Å². The quantitative estimate of drug-likeness (QED) is 0.363. The summed E-state index contributed by atoms with van der Waals surface area (Å²) in [5, 5.41) is 0. The van der Waals surface area contributed by atoms with E-state index in [1.54, 1.807) is 12.1 Å². The lowest BCUT2D eigenvalue weighted by molar-refractivity contribution is 0.301. The Labute approximate surface area is 200 Å². The molecule has 1 nitrogen and oxygen atoms in total. The molecule has 186 valence electrons. The van der Waals surface area contributed by atoms with Gasteiger partial charge in [0.05, 0.1) is 7.11 Å². The third-order valence-corrected chi connectivity index (χ3v) is 8.46. The van der Waals surface area contributed by atoms with Gasteiger partial charge in [-0.15, -0.1) is 0 Å². The monoisotopic (exact) mass is 476 g/mol. The molecular formula is C29H36F4O. The molecule has 0 heterocycles. The lowest BCUT2D eigenvalue weighted by Gasteiger charge is -2.29. The maximum atomic E-state index is 14.9. The normalized spacial score (nSPS) is 25.4. The predicted molar refractivity (Wildman–Crippen MR) is 127 cm³/mol. The first kappa shape index (κ1) is 25.1. The fourth-order valence-corrected chi connectivity index (χ4v) is 6.14. The van der Waals surface area contributed by atoms with Crippen LogP contribution in [0.2, 0.25) is 0 Å². The Morgan fingerprint density at radius 1 is 0.676 bits per heavy atom. The van der Waals surface area contributed by atoms with E-state index >= 15 is 0 Å². The molecule has 0 amide bonds. The van der Waals surface area contributed by atoms with E-state index < -0.39 is 23.3 Å². The molecule has 34 heavy (non-hydrogen) atoms. The number of aryl methyl sites for hydroxylation is 1. The van der Waals surface area contributed by atoms with Crippen molar-refractivity contribution in [1.29, 1.82) is 0 Å². The second kappa shape index (κ2) is 11.1. The Bertz CT molecular complexity index is 973. The highest BCUT2D eigenvalue weighted by atomic mass is 19.2. The highest BCUT2D eigenvalue weighted by Gasteiger charge is 2.28. The number of methoxy groups -OCH3 is 1. The number of benzene rings is 2. The van der Waals surface area contributed by atoms with E-state index in [1.165, 1.54) is 13.2 Å². The average molecular weight is 477 g/mol. The lowest BCUT2D eigenvalue weighted by Crippen LogP contribution is -2.16. The second-order valence-corrected chi connectivity index (χ2v) is 10.3. The van der Waals surface area contributed by atoms with Crippen LogP contribution in [0.25, 0.3) is 0 Å². The zero-order valence-corrected chi connectivity index (χ0v) is 20.3. The molecule has 0 aliphatic heterocycles. The van der Waals surface area contributed by atoms with E-state index in [1.807, 2.05) is 6.07 Å². The number of hydrogen-bond acceptors (Lipinski definition) is 1. The van der Waals surface area contributed by atoms with Gasteiger partial charge >= 0.3 is 0 Å². The predicted octanol–water partition coefficient (Wildman–Crippen LogP) is 8.84. The maximum absolute atomic E-state index is 14.9. The molecule has 0 spiro atoms. The van der Waals surface area contributed by atoms with Gasteiger partial charge in [-0.2, -0.15) is 4.39 Å². The smallest absolute Gasteiger partial charge is 0.200 e. The molecule has 0 radical (unpaired) electrons. The number of ether oxygens (including phenoxy) is 1. The Balaban J connectivity index is 1.32. The zero-order chi connectivity index (χ0) is 24.2. The third-order valence-electron chi connectivity index (χ3n) is 8.46. The third kappa shape index (κ3) is 5.28. The van der Waals surface area contributed by atoms with Crippen molar-refractivity contribution in [2.24, 2.45) is 11.8 Å². The minimum atomic E-state index is -0.929. The minimum absolute atomic E-state index is 0.0204. The van der Waals surface area contributed by atoms with E-state index in [0.717, 1.165) is 70.1 Å². The van der Waals surface area contributed by atoms with Crippen molar-refractivity contribution in [1.82, 2.24) is 0 Å². The van der Waals surface area contributed by atoms with Gasteiger partial charge in [0.25, 0.3) is 0 Å². The SMILES string of the molecule is CCC1CCC(c2ccc(CCC3CCC(c4ccc(OC)c(F)c4F)CC3)c(F)c2F)CC1. The first-order valence-corrected chi connectivity index (χ1v) is 12.9. The Morgan fingerprint density at radius 3 is 1.76 bits per heavy atom.